The molecule has 2 heterocycles. The highest BCUT2D eigenvalue weighted by Gasteiger charge is 2.46. The molecule has 6 atom stereocenters. The maximum atomic E-state index is 15.2. The van der Waals surface area contributed by atoms with Gasteiger partial charge in [-0.25, -0.2) is 8.96 Å². The molecule has 0 saturated carbocycles. The van der Waals surface area contributed by atoms with Gasteiger partial charge in [0.05, 0.1) is 15.4 Å². The molecule has 36 heavy (non-hydrogen) atoms. The number of carbonyl (C=O) groups is 1. The van der Waals surface area contributed by atoms with Crippen molar-refractivity contribution in [3.63, 3.8) is 0 Å². The Labute approximate surface area is 221 Å². The van der Waals surface area contributed by atoms with E-state index >= 15 is 4.39 Å². The fourth-order valence-electron chi connectivity index (χ4n) is 3.17. The van der Waals surface area contributed by atoms with Crippen LogP contribution in [0.5, 0.6) is 5.75 Å². The van der Waals surface area contributed by atoms with Crippen LogP contribution < -0.4 is 9.61 Å². The number of hydrogen-bond donors (Lipinski definition) is 3. The van der Waals surface area contributed by atoms with E-state index in [0.717, 1.165) is 4.57 Å². The van der Waals surface area contributed by atoms with Crippen molar-refractivity contribution in [3.05, 3.63) is 51.5 Å². The number of aryl methyl sites for hydroxylation is 1. The molecule has 1 saturated heterocycles. The van der Waals surface area contributed by atoms with Crippen molar-refractivity contribution in [2.24, 2.45) is 0 Å². The molecule has 1 aliphatic heterocycles. The molecule has 10 nitrogen and oxygen atoms in total. The van der Waals surface area contributed by atoms with Gasteiger partial charge < -0.3 is 24.1 Å². The number of alkyl halides is 1. The van der Waals surface area contributed by atoms with Gasteiger partial charge in [-0.1, -0.05) is 30.4 Å². The second kappa shape index (κ2) is 12.0. The monoisotopic (exact) mass is 563 g/mol. The van der Waals surface area contributed by atoms with E-state index in [0.29, 0.717) is 10.2 Å². The Morgan fingerprint density at radius 2 is 2.03 bits per heavy atom. The number of aliphatic hydroxyl groups is 1. The highest BCUT2D eigenvalue weighted by Crippen LogP contribution is 2.46. The molecule has 14 heteroatoms. The van der Waals surface area contributed by atoms with E-state index in [1.807, 2.05) is 0 Å². The molecule has 0 spiro atoms. The highest BCUT2D eigenvalue weighted by atomic mass is 32.1. The molecule has 198 valence electrons. The van der Waals surface area contributed by atoms with Gasteiger partial charge >= 0.3 is 13.7 Å². The van der Waals surface area contributed by atoms with Crippen LogP contribution in [0.4, 0.5) is 4.39 Å². The summed E-state index contributed by atoms with van der Waals surface area (Å²) in [5, 5.41) is 12.9. The topological polar surface area (TPSA) is 124 Å². The summed E-state index contributed by atoms with van der Waals surface area (Å²) in [6.45, 7) is 3.13. The van der Waals surface area contributed by atoms with Gasteiger partial charge in [0.2, 0.25) is 0 Å². The van der Waals surface area contributed by atoms with Crippen molar-refractivity contribution in [2.45, 2.75) is 64.4 Å². The van der Waals surface area contributed by atoms with Crippen molar-refractivity contribution >= 4 is 38.2 Å². The number of aromatic amines is 1. The maximum Gasteiger partial charge on any atom is 0.459 e. The van der Waals surface area contributed by atoms with Crippen LogP contribution in [0.2, 0.25) is 0 Å². The number of esters is 1. The van der Waals surface area contributed by atoms with Gasteiger partial charge in [-0.3, -0.25) is 13.9 Å². The summed E-state index contributed by atoms with van der Waals surface area (Å²) in [7, 11) is -4.72. The average Bonchev–Trinajstić information content (AvgIpc) is 3.11. The van der Waals surface area contributed by atoms with Crippen molar-refractivity contribution in [2.75, 3.05) is 6.56 Å². The Morgan fingerprint density at radius 1 is 1.36 bits per heavy atom. The predicted molar refractivity (Wildman–Crippen MR) is 134 cm³/mol. The summed E-state index contributed by atoms with van der Waals surface area (Å²) in [5.74, 6) is -0.771. The standard InChI is InChI=1S/C22H29FN3O7PS2/c1-12(2)31-21(28)14(4)25-34(29,33-15-8-6-5-7-9-15)30-11-16-18(27)17(23)20(32-16)26-10-13(3)19(35)24-22(26)36/h5-10,12,14,16-18,20,27H,11H2,1-4H3,(H,25,29)(H,24,35,36)/t14-,16-,17+,18?,20-,34+/m0/s1/i11D2. The van der Waals surface area contributed by atoms with Crippen LogP contribution in [0.3, 0.4) is 0 Å². The Morgan fingerprint density at radius 3 is 2.67 bits per heavy atom. The zero-order valence-electron chi connectivity index (χ0n) is 21.9. The van der Waals surface area contributed by atoms with Crippen LogP contribution in [-0.4, -0.2) is 57.7 Å². The first-order valence-corrected chi connectivity index (χ1v) is 13.3. The smallest absolute Gasteiger partial charge is 0.459 e. The molecule has 2 aromatic rings. The molecule has 0 bridgehead atoms. The Hall–Kier alpha value is -1.99. The van der Waals surface area contributed by atoms with Gasteiger partial charge in [-0.05, 0) is 52.0 Å². The zero-order chi connectivity index (χ0) is 28.4. The summed E-state index contributed by atoms with van der Waals surface area (Å²) in [6, 6.07) is 6.42. The lowest BCUT2D eigenvalue weighted by Crippen LogP contribution is -2.37. The van der Waals surface area contributed by atoms with E-state index in [4.69, 9.17) is 45.7 Å². The molecule has 1 aliphatic rings. The summed E-state index contributed by atoms with van der Waals surface area (Å²) < 4.78 is 68.6. The highest BCUT2D eigenvalue weighted by molar-refractivity contribution is 7.72. The second-order valence-corrected chi connectivity index (χ2v) is 10.7. The third kappa shape index (κ3) is 7.06. The van der Waals surface area contributed by atoms with Crippen molar-refractivity contribution in [1.29, 1.82) is 0 Å². The number of ether oxygens (including phenoxy) is 2. The van der Waals surface area contributed by atoms with Crippen LogP contribution in [0.25, 0.3) is 0 Å². The molecular formula is C22H29FN3O7PS2. The minimum atomic E-state index is -4.72. The lowest BCUT2D eigenvalue weighted by atomic mass is 10.1. The fourth-order valence-corrected chi connectivity index (χ4v) is 5.01. The molecule has 3 rings (SSSR count). The summed E-state index contributed by atoms with van der Waals surface area (Å²) in [5.41, 5.74) is 0.536. The first-order valence-electron chi connectivity index (χ1n) is 12.0. The zero-order valence-corrected chi connectivity index (χ0v) is 22.4. The van der Waals surface area contributed by atoms with Crippen LogP contribution in [0.1, 0.15) is 35.3 Å². The number of para-hydroxylation sites is 1. The quantitative estimate of drug-likeness (QED) is 0.219. The van der Waals surface area contributed by atoms with E-state index in [-0.39, 0.29) is 10.5 Å². The van der Waals surface area contributed by atoms with Gasteiger partial charge in [0, 0.05) is 11.8 Å². The van der Waals surface area contributed by atoms with Gasteiger partial charge in [0.25, 0.3) is 0 Å². The molecule has 0 radical (unpaired) electrons. The van der Waals surface area contributed by atoms with E-state index in [9.17, 15) is 14.5 Å². The molecular weight excluding hydrogens is 532 g/mol. The number of hydrogen-bond acceptors (Lipinski definition) is 9. The minimum absolute atomic E-state index is 0.0141. The van der Waals surface area contributed by atoms with E-state index in [1.165, 1.54) is 25.3 Å². The number of aliphatic hydroxyl groups excluding tert-OH is 1. The predicted octanol–water partition coefficient (Wildman–Crippen LogP) is 4.31. The van der Waals surface area contributed by atoms with Crippen LogP contribution >= 0.6 is 32.2 Å². The largest absolute Gasteiger partial charge is 0.462 e. The summed E-state index contributed by atoms with van der Waals surface area (Å²) >= 11 is 10.3. The van der Waals surface area contributed by atoms with Gasteiger partial charge in [-0.15, -0.1) is 0 Å². The number of rotatable bonds is 10. The normalized spacial score (nSPS) is 25.5. The molecule has 1 unspecified atom stereocenters. The Kier molecular flexibility index (Phi) is 8.58. The molecule has 1 fully saturated rings. The Bertz CT molecular complexity index is 1310. The lowest BCUT2D eigenvalue weighted by molar-refractivity contribution is -0.149. The van der Waals surface area contributed by atoms with Crippen molar-refractivity contribution in [3.8, 4) is 5.75 Å². The maximum absolute atomic E-state index is 15.2. The van der Waals surface area contributed by atoms with Crippen molar-refractivity contribution in [1.82, 2.24) is 14.6 Å². The summed E-state index contributed by atoms with van der Waals surface area (Å²) in [4.78, 5) is 15.0. The number of H-pyrrole nitrogens is 1. The third-order valence-corrected chi connectivity index (χ3v) is 7.17. The second-order valence-electron chi connectivity index (χ2n) is 8.31. The fraction of sp³-hybridized carbons (Fsp3) is 0.500. The summed E-state index contributed by atoms with van der Waals surface area (Å²) in [6.07, 6.45) is -6.77. The van der Waals surface area contributed by atoms with E-state index in [2.05, 4.69) is 10.1 Å². The van der Waals surface area contributed by atoms with E-state index < -0.39 is 57.0 Å². The third-order valence-electron chi connectivity index (χ3n) is 4.93. The van der Waals surface area contributed by atoms with Crippen LogP contribution in [-0.2, 0) is 23.4 Å². The molecule has 1 aromatic heterocycles. The minimum Gasteiger partial charge on any atom is -0.462 e. The SMILES string of the molecule is [2H]C([2H])(O[P@](=O)(N[C@@H](C)C(=O)OC(C)C)Oc1ccccc1)[C@@H]1O[C@H](n2cc(C)c(=S)[nH]c2=S)[C@H](F)C1O. The number of benzene rings is 1. The number of aromatic nitrogens is 2. The first kappa shape index (κ1) is 25.7. The number of halogens is 1. The number of nitrogens with zero attached hydrogens (tertiary/aromatic N) is 1. The van der Waals surface area contributed by atoms with E-state index in [1.54, 1.807) is 39.0 Å². The lowest BCUT2D eigenvalue weighted by Gasteiger charge is -2.25. The van der Waals surface area contributed by atoms with Crippen LogP contribution in [0.15, 0.2) is 36.5 Å². The number of nitrogens with one attached hydrogen (secondary N) is 2. The molecule has 3 N–H and O–H groups in total. The van der Waals surface area contributed by atoms with Crippen LogP contribution in [0, 0.1) is 16.3 Å². The average molecular weight is 564 g/mol. The van der Waals surface area contributed by atoms with Crippen molar-refractivity contribution < 1.29 is 40.1 Å². The van der Waals surface area contributed by atoms with Gasteiger partial charge in [0.15, 0.2) is 17.2 Å². The molecule has 1 aromatic carbocycles. The molecule has 0 amide bonds. The van der Waals surface area contributed by atoms with Gasteiger partial charge in [-0.2, -0.15) is 5.09 Å². The Balaban J connectivity index is 1.90. The molecule has 0 aliphatic carbocycles. The van der Waals surface area contributed by atoms with Gasteiger partial charge in [0.1, 0.15) is 28.6 Å². The first-order chi connectivity index (χ1) is 17.6. The number of carbonyl (C=O) groups excluding carboxylic acids is 1.